The fourth-order valence-corrected chi connectivity index (χ4v) is 2.80. The third-order valence-corrected chi connectivity index (χ3v) is 3.95. The van der Waals surface area contributed by atoms with Crippen LogP contribution in [-0.4, -0.2) is 13.1 Å². The van der Waals surface area contributed by atoms with E-state index in [4.69, 9.17) is 0 Å². The molecule has 3 rings (SSSR count). The summed E-state index contributed by atoms with van der Waals surface area (Å²) in [5, 5.41) is 3.36. The summed E-state index contributed by atoms with van der Waals surface area (Å²) < 4.78 is 26.1. The van der Waals surface area contributed by atoms with Crippen molar-refractivity contribution in [2.24, 2.45) is 5.92 Å². The van der Waals surface area contributed by atoms with Gasteiger partial charge in [-0.1, -0.05) is 24.3 Å². The predicted molar refractivity (Wildman–Crippen MR) is 81.9 cm³/mol. The first-order chi connectivity index (χ1) is 10.7. The molecular weight excluding hydrogens is 284 g/mol. The summed E-state index contributed by atoms with van der Waals surface area (Å²) in [5.74, 6) is -0.0952. The average molecular weight is 303 g/mol. The van der Waals surface area contributed by atoms with E-state index in [0.29, 0.717) is 12.5 Å². The highest BCUT2D eigenvalue weighted by Crippen LogP contribution is 2.24. The Bertz CT molecular complexity index is 616. The minimum atomic E-state index is -0.226. The number of hydrazine groups is 1. The monoisotopic (exact) mass is 303 g/mol. The van der Waals surface area contributed by atoms with Crippen molar-refractivity contribution in [1.29, 1.82) is 0 Å². The number of hydrogen-bond acceptors (Lipinski definition) is 3. The van der Waals surface area contributed by atoms with E-state index in [1.165, 1.54) is 24.3 Å². The number of benzene rings is 2. The molecule has 0 saturated carbocycles. The van der Waals surface area contributed by atoms with Gasteiger partial charge in [0.2, 0.25) is 0 Å². The summed E-state index contributed by atoms with van der Waals surface area (Å²) in [5.41, 5.74) is 8.36. The van der Waals surface area contributed by atoms with Gasteiger partial charge in [0.15, 0.2) is 0 Å². The molecule has 0 amide bonds. The number of rotatable bonds is 5. The van der Waals surface area contributed by atoms with Gasteiger partial charge in [0.25, 0.3) is 0 Å². The third-order valence-electron chi connectivity index (χ3n) is 3.95. The van der Waals surface area contributed by atoms with Crippen LogP contribution in [0.15, 0.2) is 48.5 Å². The minimum Gasteiger partial charge on any atom is -0.312 e. The molecule has 3 N–H and O–H groups in total. The number of halogens is 2. The molecule has 1 fully saturated rings. The Kier molecular flexibility index (Phi) is 4.77. The Morgan fingerprint density at radius 1 is 1.05 bits per heavy atom. The van der Waals surface area contributed by atoms with Gasteiger partial charge >= 0.3 is 0 Å². The quantitative estimate of drug-likeness (QED) is 0.794. The summed E-state index contributed by atoms with van der Waals surface area (Å²) in [6.07, 6.45) is 0. The molecule has 3 nitrogen and oxygen atoms in total. The van der Waals surface area contributed by atoms with Crippen LogP contribution in [0.25, 0.3) is 0 Å². The Balaban J connectivity index is 1.56. The van der Waals surface area contributed by atoms with Crippen molar-refractivity contribution >= 4 is 0 Å². The Labute approximate surface area is 128 Å². The zero-order valence-corrected chi connectivity index (χ0v) is 12.2. The molecule has 0 aromatic heterocycles. The van der Waals surface area contributed by atoms with E-state index in [2.05, 4.69) is 16.2 Å². The van der Waals surface area contributed by atoms with Crippen LogP contribution in [0.2, 0.25) is 0 Å². The molecule has 2 unspecified atom stereocenters. The highest BCUT2D eigenvalue weighted by Gasteiger charge is 2.27. The average Bonchev–Trinajstić information content (AvgIpc) is 2.97. The SMILES string of the molecule is Fc1ccc(C2NNCC2CNCc2cccc(F)c2)cc1. The maximum Gasteiger partial charge on any atom is 0.123 e. The molecular formula is C17H19F2N3. The lowest BCUT2D eigenvalue weighted by Gasteiger charge is -2.19. The molecule has 1 aliphatic heterocycles. The fourth-order valence-electron chi connectivity index (χ4n) is 2.80. The topological polar surface area (TPSA) is 36.1 Å². The van der Waals surface area contributed by atoms with Crippen LogP contribution in [0.5, 0.6) is 0 Å². The molecule has 1 saturated heterocycles. The van der Waals surface area contributed by atoms with Gasteiger partial charge in [-0.25, -0.2) is 14.2 Å². The van der Waals surface area contributed by atoms with E-state index in [1.54, 1.807) is 18.2 Å². The lowest BCUT2D eigenvalue weighted by atomic mass is 9.95. The van der Waals surface area contributed by atoms with Gasteiger partial charge < -0.3 is 5.32 Å². The van der Waals surface area contributed by atoms with Crippen LogP contribution in [0.3, 0.4) is 0 Å². The van der Waals surface area contributed by atoms with Gasteiger partial charge in [-0.05, 0) is 35.4 Å². The maximum absolute atomic E-state index is 13.1. The first-order valence-corrected chi connectivity index (χ1v) is 7.41. The molecule has 0 aliphatic carbocycles. The zero-order valence-electron chi connectivity index (χ0n) is 12.2. The molecule has 2 aromatic rings. The fraction of sp³-hybridized carbons (Fsp3) is 0.294. The normalized spacial score (nSPS) is 21.2. The van der Waals surface area contributed by atoms with E-state index in [-0.39, 0.29) is 17.7 Å². The molecule has 0 radical (unpaired) electrons. The van der Waals surface area contributed by atoms with Crippen LogP contribution in [0.1, 0.15) is 17.2 Å². The third kappa shape index (κ3) is 3.68. The van der Waals surface area contributed by atoms with Crippen molar-refractivity contribution in [2.75, 3.05) is 13.1 Å². The van der Waals surface area contributed by atoms with Crippen molar-refractivity contribution in [3.05, 3.63) is 71.3 Å². The van der Waals surface area contributed by atoms with Gasteiger partial charge in [0, 0.05) is 25.6 Å². The Morgan fingerprint density at radius 3 is 2.64 bits per heavy atom. The van der Waals surface area contributed by atoms with Gasteiger partial charge in [-0.3, -0.25) is 5.43 Å². The van der Waals surface area contributed by atoms with Crippen LogP contribution in [-0.2, 0) is 6.54 Å². The molecule has 0 spiro atoms. The van der Waals surface area contributed by atoms with E-state index >= 15 is 0 Å². The van der Waals surface area contributed by atoms with E-state index in [9.17, 15) is 8.78 Å². The molecule has 22 heavy (non-hydrogen) atoms. The van der Waals surface area contributed by atoms with Crippen molar-refractivity contribution in [3.8, 4) is 0 Å². The number of nitrogens with one attached hydrogen (secondary N) is 3. The molecule has 5 heteroatoms. The van der Waals surface area contributed by atoms with E-state index < -0.39 is 0 Å². The summed E-state index contributed by atoms with van der Waals surface area (Å²) in [4.78, 5) is 0. The highest BCUT2D eigenvalue weighted by atomic mass is 19.1. The smallest absolute Gasteiger partial charge is 0.123 e. The first kappa shape index (κ1) is 15.1. The van der Waals surface area contributed by atoms with Gasteiger partial charge in [-0.2, -0.15) is 0 Å². The second-order valence-corrected chi connectivity index (χ2v) is 5.58. The molecule has 116 valence electrons. The molecule has 2 atom stereocenters. The van der Waals surface area contributed by atoms with Crippen LogP contribution >= 0.6 is 0 Å². The lowest BCUT2D eigenvalue weighted by molar-refractivity contribution is 0.441. The zero-order chi connectivity index (χ0) is 15.4. The van der Waals surface area contributed by atoms with E-state index in [1.807, 2.05) is 6.07 Å². The molecule has 1 aliphatic rings. The van der Waals surface area contributed by atoms with Crippen molar-refractivity contribution in [2.45, 2.75) is 12.6 Å². The summed E-state index contributed by atoms with van der Waals surface area (Å²) in [6, 6.07) is 13.3. The Morgan fingerprint density at radius 2 is 1.86 bits per heavy atom. The lowest BCUT2D eigenvalue weighted by Crippen LogP contribution is -2.28. The predicted octanol–water partition coefficient (Wildman–Crippen LogP) is 2.52. The molecule has 0 bridgehead atoms. The van der Waals surface area contributed by atoms with Gasteiger partial charge in [-0.15, -0.1) is 0 Å². The van der Waals surface area contributed by atoms with Crippen molar-refractivity contribution in [3.63, 3.8) is 0 Å². The van der Waals surface area contributed by atoms with Crippen molar-refractivity contribution in [1.82, 2.24) is 16.2 Å². The second-order valence-electron chi connectivity index (χ2n) is 5.58. The van der Waals surface area contributed by atoms with Gasteiger partial charge in [0.05, 0.1) is 6.04 Å². The van der Waals surface area contributed by atoms with Crippen LogP contribution in [0.4, 0.5) is 8.78 Å². The number of hydrogen-bond donors (Lipinski definition) is 3. The molecule has 1 heterocycles. The maximum atomic E-state index is 13.1. The summed E-state index contributed by atoms with van der Waals surface area (Å²) in [7, 11) is 0. The highest BCUT2D eigenvalue weighted by molar-refractivity contribution is 5.22. The first-order valence-electron chi connectivity index (χ1n) is 7.41. The largest absolute Gasteiger partial charge is 0.312 e. The summed E-state index contributed by atoms with van der Waals surface area (Å²) in [6.45, 7) is 2.25. The van der Waals surface area contributed by atoms with E-state index in [0.717, 1.165) is 24.2 Å². The minimum absolute atomic E-state index is 0.139. The van der Waals surface area contributed by atoms with Crippen LogP contribution < -0.4 is 16.2 Å². The Hall–Kier alpha value is -1.82. The molecule has 2 aromatic carbocycles. The van der Waals surface area contributed by atoms with Gasteiger partial charge in [0.1, 0.15) is 11.6 Å². The second kappa shape index (κ2) is 6.96. The van der Waals surface area contributed by atoms with Crippen molar-refractivity contribution < 1.29 is 8.78 Å². The standard InChI is InChI=1S/C17H19F2N3/c18-15-6-4-13(5-7-15)17-14(11-21-22-17)10-20-9-12-2-1-3-16(19)8-12/h1-8,14,17,20-22H,9-11H2. The summed E-state index contributed by atoms with van der Waals surface area (Å²) >= 11 is 0. The van der Waals surface area contributed by atoms with Crippen LogP contribution in [0, 0.1) is 17.6 Å².